The third-order valence-electron chi connectivity index (χ3n) is 5.66. The number of aliphatic imine (C=N–C) groups is 1. The van der Waals surface area contributed by atoms with E-state index in [9.17, 15) is 34.6 Å². The molecule has 1 aliphatic carbocycles. The molecule has 0 aromatic carbocycles. The third-order valence-corrected chi connectivity index (χ3v) is 5.77. The van der Waals surface area contributed by atoms with Crippen molar-refractivity contribution in [3.8, 4) is 0 Å². The molecule has 1 saturated heterocycles. The summed E-state index contributed by atoms with van der Waals surface area (Å²) in [5.74, 6) is -2.17. The zero-order valence-corrected chi connectivity index (χ0v) is 20.0. The predicted molar refractivity (Wildman–Crippen MR) is 118 cm³/mol. The smallest absolute Gasteiger partial charge is 0.303 e. The van der Waals surface area contributed by atoms with Crippen molar-refractivity contribution >= 4 is 35.3 Å². The van der Waals surface area contributed by atoms with Gasteiger partial charge in [-0.3, -0.25) is 39.9 Å². The van der Waals surface area contributed by atoms with Crippen molar-refractivity contribution in [2.45, 2.75) is 88.7 Å². The van der Waals surface area contributed by atoms with Gasteiger partial charge in [0.05, 0.1) is 23.7 Å². The van der Waals surface area contributed by atoms with Gasteiger partial charge in [-0.05, 0) is 18.6 Å². The number of carbonyl (C=O) groups is 3. The fourth-order valence-corrected chi connectivity index (χ4v) is 4.35. The summed E-state index contributed by atoms with van der Waals surface area (Å²) < 4.78 is 21.6. The van der Waals surface area contributed by atoms with Crippen LogP contribution in [-0.4, -0.2) is 88.2 Å². The number of rotatable bonds is 9. The highest BCUT2D eigenvalue weighted by atomic mass is 32.1. The molecule has 35 heavy (non-hydrogen) atoms. The summed E-state index contributed by atoms with van der Waals surface area (Å²) >= 11 is 4.68. The Morgan fingerprint density at radius 3 is 2.20 bits per heavy atom. The van der Waals surface area contributed by atoms with Crippen molar-refractivity contribution in [2.24, 2.45) is 4.99 Å². The lowest BCUT2D eigenvalue weighted by Crippen LogP contribution is -2.68. The van der Waals surface area contributed by atoms with Gasteiger partial charge in [0.2, 0.25) is 12.1 Å². The number of hydrogen-bond acceptors (Lipinski definition) is 14. The predicted octanol–water partition coefficient (Wildman–Crippen LogP) is 0.0419. The van der Waals surface area contributed by atoms with Gasteiger partial charge in [0, 0.05) is 37.0 Å². The molecule has 0 amide bonds. The molecule has 2 fully saturated rings. The van der Waals surface area contributed by atoms with E-state index in [1.54, 1.807) is 0 Å². The maximum absolute atomic E-state index is 11.9. The quantitative estimate of drug-likeness (QED) is 0.107. The molecule has 16 heteroatoms. The Morgan fingerprint density at radius 1 is 1.06 bits per heavy atom. The zero-order chi connectivity index (χ0) is 26.3. The molecule has 2 aliphatic rings. The number of hydrogen-bond donors (Lipinski definition) is 1. The minimum Gasteiger partial charge on any atom is -0.463 e. The third kappa shape index (κ3) is 7.71. The van der Waals surface area contributed by atoms with Gasteiger partial charge in [-0.25, -0.2) is 0 Å². The molecule has 0 spiro atoms. The summed E-state index contributed by atoms with van der Waals surface area (Å²) in [5.41, 5.74) is 0. The number of ether oxygens (including phenoxy) is 4. The normalized spacial score (nSPS) is 32.4. The van der Waals surface area contributed by atoms with E-state index in [-0.39, 0.29) is 25.9 Å². The second kappa shape index (κ2) is 12.6. The van der Waals surface area contributed by atoms with E-state index < -0.39 is 76.5 Å². The Labute approximate surface area is 204 Å². The van der Waals surface area contributed by atoms with Crippen LogP contribution >= 0.6 is 12.2 Å². The molecule has 1 N–H and O–H groups in total. The number of esters is 3. The first-order chi connectivity index (χ1) is 16.4. The fraction of sp³-hybridized carbons (Fsp3) is 0.789. The van der Waals surface area contributed by atoms with Gasteiger partial charge in [-0.1, -0.05) is 0 Å². The number of isothiocyanates is 1. The first-order valence-corrected chi connectivity index (χ1v) is 11.1. The van der Waals surface area contributed by atoms with Crippen LogP contribution < -0.4 is 5.32 Å². The van der Waals surface area contributed by atoms with Crippen molar-refractivity contribution in [3.63, 3.8) is 0 Å². The SMILES string of the molecule is CC(=O)OCC1OC(N=C=S)C(NC2CCC([N+](=O)[O-])CC2[N+](=O)[O-])[C@@H](OC(C)=O)[C@@H]1OC(C)=O. The van der Waals surface area contributed by atoms with Gasteiger partial charge < -0.3 is 18.9 Å². The maximum Gasteiger partial charge on any atom is 0.303 e. The highest BCUT2D eigenvalue weighted by Crippen LogP contribution is 2.30. The molecule has 1 saturated carbocycles. The molecule has 0 aromatic rings. The molecule has 0 aromatic heterocycles. The summed E-state index contributed by atoms with van der Waals surface area (Å²) in [6.45, 7) is 2.99. The van der Waals surface area contributed by atoms with E-state index >= 15 is 0 Å². The average Bonchev–Trinajstić information content (AvgIpc) is 2.75. The van der Waals surface area contributed by atoms with Crippen LogP contribution in [0.4, 0.5) is 0 Å². The highest BCUT2D eigenvalue weighted by Gasteiger charge is 2.53. The molecule has 0 radical (unpaired) electrons. The summed E-state index contributed by atoms with van der Waals surface area (Å²) in [7, 11) is 0. The zero-order valence-electron chi connectivity index (χ0n) is 19.2. The van der Waals surface area contributed by atoms with Crippen LogP contribution in [-0.2, 0) is 33.3 Å². The number of thiocarbonyl (C=S) groups is 1. The Balaban J connectivity index is 2.43. The van der Waals surface area contributed by atoms with E-state index in [1.165, 1.54) is 0 Å². The molecule has 8 atom stereocenters. The Bertz CT molecular complexity index is 896. The topological polar surface area (TPSA) is 199 Å². The number of nitro groups is 2. The maximum atomic E-state index is 11.9. The molecular formula is C19H26N4O11S. The van der Waals surface area contributed by atoms with Crippen LogP contribution in [0.3, 0.4) is 0 Å². The summed E-state index contributed by atoms with van der Waals surface area (Å²) in [6.07, 6.45) is -5.11. The van der Waals surface area contributed by atoms with Gasteiger partial charge in [0.1, 0.15) is 12.7 Å². The number of nitrogens with one attached hydrogen (secondary N) is 1. The molecule has 1 aliphatic heterocycles. The van der Waals surface area contributed by atoms with E-state index in [4.69, 9.17) is 18.9 Å². The molecule has 15 nitrogen and oxygen atoms in total. The van der Waals surface area contributed by atoms with Crippen molar-refractivity contribution in [3.05, 3.63) is 20.2 Å². The molecule has 1 heterocycles. The Hall–Kier alpha value is -3.07. The first kappa shape index (κ1) is 28.2. The van der Waals surface area contributed by atoms with Crippen LogP contribution in [0.25, 0.3) is 0 Å². The van der Waals surface area contributed by atoms with E-state index in [2.05, 4.69) is 27.7 Å². The molecule has 2 rings (SSSR count). The van der Waals surface area contributed by atoms with Crippen LogP contribution in [0, 0.1) is 20.2 Å². The minimum absolute atomic E-state index is 0.0592. The van der Waals surface area contributed by atoms with Crippen LogP contribution in [0.5, 0.6) is 0 Å². The van der Waals surface area contributed by atoms with Gasteiger partial charge in [-0.15, -0.1) is 0 Å². The lowest BCUT2D eigenvalue weighted by molar-refractivity contribution is -0.570. The largest absolute Gasteiger partial charge is 0.463 e. The minimum atomic E-state index is -1.33. The van der Waals surface area contributed by atoms with Gasteiger partial charge >= 0.3 is 17.9 Å². The number of nitrogens with zero attached hydrogens (tertiary/aromatic N) is 3. The number of carbonyl (C=O) groups excluding carboxylic acids is 3. The Morgan fingerprint density at radius 2 is 1.69 bits per heavy atom. The van der Waals surface area contributed by atoms with Crippen molar-refractivity contribution < 1.29 is 43.2 Å². The molecule has 0 bridgehead atoms. The van der Waals surface area contributed by atoms with E-state index in [0.29, 0.717) is 0 Å². The van der Waals surface area contributed by atoms with Crippen molar-refractivity contribution in [1.29, 1.82) is 0 Å². The van der Waals surface area contributed by atoms with Crippen molar-refractivity contribution in [2.75, 3.05) is 6.61 Å². The van der Waals surface area contributed by atoms with Crippen LogP contribution in [0.1, 0.15) is 40.0 Å². The fourth-order valence-electron chi connectivity index (χ4n) is 4.25. The van der Waals surface area contributed by atoms with Gasteiger partial charge in [0.25, 0.3) is 0 Å². The second-order valence-corrected chi connectivity index (χ2v) is 8.32. The monoisotopic (exact) mass is 518 g/mol. The Kier molecular flexibility index (Phi) is 10.1. The van der Waals surface area contributed by atoms with Gasteiger partial charge in [0.15, 0.2) is 18.4 Å². The molecule has 6 unspecified atom stereocenters. The lowest BCUT2D eigenvalue weighted by atomic mass is 9.85. The van der Waals surface area contributed by atoms with Crippen LogP contribution in [0.2, 0.25) is 0 Å². The highest BCUT2D eigenvalue weighted by molar-refractivity contribution is 7.78. The summed E-state index contributed by atoms with van der Waals surface area (Å²) in [5, 5.41) is 28.0. The second-order valence-electron chi connectivity index (χ2n) is 8.14. The standard InChI is InChI=1S/C19H26N4O11S/c1-9(24)31-7-15-17(32-10(2)25)18(33-11(3)26)16(19(34-15)20-8-35)21-13-5-4-12(22(27)28)6-14(13)23(29)30/h12-19,21H,4-7H2,1-3H3/t12?,13?,14?,15?,16?,17-,18-,19?/m1/s1. The first-order valence-electron chi connectivity index (χ1n) is 10.7. The summed E-state index contributed by atoms with van der Waals surface area (Å²) in [4.78, 5) is 60.8. The van der Waals surface area contributed by atoms with E-state index in [1.807, 2.05) is 0 Å². The lowest BCUT2D eigenvalue weighted by Gasteiger charge is -2.45. The van der Waals surface area contributed by atoms with Crippen LogP contribution in [0.15, 0.2) is 4.99 Å². The summed E-state index contributed by atoms with van der Waals surface area (Å²) in [6, 6.07) is -4.42. The average molecular weight is 519 g/mol. The molecular weight excluding hydrogens is 492 g/mol. The van der Waals surface area contributed by atoms with E-state index in [0.717, 1.165) is 20.8 Å². The van der Waals surface area contributed by atoms with Gasteiger partial charge in [-0.2, -0.15) is 4.99 Å². The van der Waals surface area contributed by atoms with Crippen molar-refractivity contribution in [1.82, 2.24) is 5.32 Å². The molecule has 194 valence electrons.